The van der Waals surface area contributed by atoms with Crippen LogP contribution in [0.3, 0.4) is 0 Å². The van der Waals surface area contributed by atoms with Crippen molar-refractivity contribution in [2.75, 3.05) is 72.0 Å². The van der Waals surface area contributed by atoms with E-state index in [1.165, 1.54) is 0 Å². The Balaban J connectivity index is 5.55. The molecule has 16 nitrogen and oxygen atoms in total. The Morgan fingerprint density at radius 3 is 1.04 bits per heavy atom. The fourth-order valence-corrected chi connectivity index (χ4v) is 5.77. The van der Waals surface area contributed by atoms with Crippen molar-refractivity contribution >= 4 is 29.5 Å². The van der Waals surface area contributed by atoms with Gasteiger partial charge in [-0.2, -0.15) is 0 Å². The van der Waals surface area contributed by atoms with Gasteiger partial charge in [-0.25, -0.2) is 0 Å². The highest BCUT2D eigenvalue weighted by molar-refractivity contribution is 5.83. The molecule has 0 heterocycles. The summed E-state index contributed by atoms with van der Waals surface area (Å²) >= 11 is 0. The fourth-order valence-electron chi connectivity index (χ4n) is 5.77. The fraction of sp³-hybridized carbons (Fsp3) is 0.861. The lowest BCUT2D eigenvalue weighted by molar-refractivity contribution is -0.135. The molecule has 0 aliphatic heterocycles. The number of carbonyl (C=O) groups excluding carboxylic acids is 5. The molecule has 0 aromatic rings. The summed E-state index contributed by atoms with van der Waals surface area (Å²) in [5.41, 5.74) is 35.7. The number of nitrogens with one attached hydrogen (secondary N) is 2. The molecule has 0 unspecified atom stereocenters. The van der Waals surface area contributed by atoms with E-state index < -0.39 is 18.1 Å². The smallest absolute Gasteiger partial charge is 0.239 e. The van der Waals surface area contributed by atoms with Gasteiger partial charge in [-0.3, -0.25) is 24.0 Å². The van der Waals surface area contributed by atoms with Gasteiger partial charge < -0.3 is 59.7 Å². The maximum Gasteiger partial charge on any atom is 0.239 e. The second kappa shape index (κ2) is 31.6. The molecule has 52 heavy (non-hydrogen) atoms. The van der Waals surface area contributed by atoms with Gasteiger partial charge in [0.25, 0.3) is 0 Å². The number of rotatable bonds is 33. The molecule has 0 rings (SSSR count). The summed E-state index contributed by atoms with van der Waals surface area (Å²) in [6.07, 6.45) is 8.73. The summed E-state index contributed by atoms with van der Waals surface area (Å²) in [6, 6.07) is -2.03. The molecule has 0 aliphatic carbocycles. The van der Waals surface area contributed by atoms with E-state index >= 15 is 0 Å². The van der Waals surface area contributed by atoms with Crippen molar-refractivity contribution in [1.82, 2.24) is 25.3 Å². The van der Waals surface area contributed by atoms with Crippen LogP contribution >= 0.6 is 0 Å². The molecule has 0 bridgehead atoms. The monoisotopic (exact) mass is 742 g/mol. The Labute approximate surface area is 313 Å². The predicted octanol–water partition coefficient (Wildman–Crippen LogP) is -0.546. The van der Waals surface area contributed by atoms with Gasteiger partial charge in [0.05, 0.1) is 18.1 Å². The van der Waals surface area contributed by atoms with Crippen LogP contribution < -0.4 is 45.0 Å². The third-order valence-corrected chi connectivity index (χ3v) is 8.81. The molecule has 5 amide bonds. The Morgan fingerprint density at radius 2 is 0.750 bits per heavy atom. The summed E-state index contributed by atoms with van der Waals surface area (Å²) in [5, 5.41) is 5.78. The molecular weight excluding hydrogens is 666 g/mol. The van der Waals surface area contributed by atoms with Crippen molar-refractivity contribution in [3.63, 3.8) is 0 Å². The molecule has 304 valence electrons. The van der Waals surface area contributed by atoms with Crippen molar-refractivity contribution in [3.05, 3.63) is 0 Å². The van der Waals surface area contributed by atoms with Gasteiger partial charge in [0.15, 0.2) is 0 Å². The van der Waals surface area contributed by atoms with E-state index in [1.54, 1.807) is 14.7 Å². The lowest BCUT2D eigenvalue weighted by Crippen LogP contribution is -2.48. The quantitative estimate of drug-likeness (QED) is 0.0395. The molecule has 0 spiro atoms. The van der Waals surface area contributed by atoms with Crippen LogP contribution in [-0.4, -0.2) is 134 Å². The third kappa shape index (κ3) is 22.9. The normalized spacial score (nSPS) is 12.8. The highest BCUT2D eigenvalue weighted by atomic mass is 16.2. The molecule has 0 aliphatic rings. The number of hydrogen-bond donors (Lipinski definition) is 8. The zero-order valence-electron chi connectivity index (χ0n) is 32.5. The van der Waals surface area contributed by atoms with E-state index in [4.69, 9.17) is 34.4 Å². The van der Waals surface area contributed by atoms with Crippen LogP contribution in [0.25, 0.3) is 0 Å². The van der Waals surface area contributed by atoms with Crippen molar-refractivity contribution < 1.29 is 24.0 Å². The van der Waals surface area contributed by atoms with E-state index in [0.29, 0.717) is 155 Å². The van der Waals surface area contributed by atoms with Crippen molar-refractivity contribution in [2.45, 2.75) is 128 Å². The van der Waals surface area contributed by atoms with Crippen molar-refractivity contribution in [2.24, 2.45) is 34.4 Å². The van der Waals surface area contributed by atoms with E-state index in [0.717, 1.165) is 12.8 Å². The zero-order chi connectivity index (χ0) is 39.1. The van der Waals surface area contributed by atoms with E-state index in [1.807, 2.05) is 13.8 Å². The average Bonchev–Trinajstić information content (AvgIpc) is 3.13. The lowest BCUT2D eigenvalue weighted by Gasteiger charge is -2.30. The predicted molar refractivity (Wildman–Crippen MR) is 207 cm³/mol. The van der Waals surface area contributed by atoms with Crippen molar-refractivity contribution in [3.8, 4) is 0 Å². The van der Waals surface area contributed by atoms with E-state index in [9.17, 15) is 24.0 Å². The van der Waals surface area contributed by atoms with Crippen LogP contribution in [0.15, 0.2) is 0 Å². The van der Waals surface area contributed by atoms with E-state index in [2.05, 4.69) is 10.6 Å². The van der Waals surface area contributed by atoms with Gasteiger partial charge in [-0.05, 0) is 103 Å². The molecule has 0 saturated carbocycles. The molecule has 14 N–H and O–H groups in total. The first kappa shape index (κ1) is 49.1. The number of nitrogens with two attached hydrogens (primary N) is 6. The molecule has 0 saturated heterocycles. The largest absolute Gasteiger partial charge is 0.356 e. The SMILES string of the molecule is CCCC(=O)NCCCN(CCCCN(CCCN(CCCNC(=O)CCC)C(=O)[C@@H](N)CCCN)C(=O)[C@@H](N)CCCN)C(=O)[C@@H](N)CCCN. The van der Waals surface area contributed by atoms with Crippen LogP contribution in [0.2, 0.25) is 0 Å². The van der Waals surface area contributed by atoms with Crippen LogP contribution in [0.4, 0.5) is 0 Å². The minimum Gasteiger partial charge on any atom is -0.356 e. The summed E-state index contributed by atoms with van der Waals surface area (Å²) in [7, 11) is 0. The van der Waals surface area contributed by atoms with Crippen LogP contribution in [-0.2, 0) is 24.0 Å². The number of nitrogens with zero attached hydrogens (tertiary/aromatic N) is 3. The van der Waals surface area contributed by atoms with E-state index in [-0.39, 0.29) is 29.5 Å². The number of carbonyl (C=O) groups is 5. The average molecular weight is 742 g/mol. The zero-order valence-corrected chi connectivity index (χ0v) is 32.5. The van der Waals surface area contributed by atoms with Crippen molar-refractivity contribution in [1.29, 1.82) is 0 Å². The molecule has 3 atom stereocenters. The second-order valence-electron chi connectivity index (χ2n) is 13.6. The topological polar surface area (TPSA) is 275 Å². The number of unbranched alkanes of at least 4 members (excludes halogenated alkanes) is 1. The van der Waals surface area contributed by atoms with Gasteiger partial charge in [0.2, 0.25) is 29.5 Å². The highest BCUT2D eigenvalue weighted by Gasteiger charge is 2.24. The van der Waals surface area contributed by atoms with Gasteiger partial charge >= 0.3 is 0 Å². The van der Waals surface area contributed by atoms with Crippen LogP contribution in [0.5, 0.6) is 0 Å². The molecule has 0 aromatic heterocycles. The first-order chi connectivity index (χ1) is 25.0. The first-order valence-corrected chi connectivity index (χ1v) is 19.7. The highest BCUT2D eigenvalue weighted by Crippen LogP contribution is 2.09. The first-order valence-electron chi connectivity index (χ1n) is 19.7. The molecule has 0 fully saturated rings. The Hall–Kier alpha value is -2.89. The van der Waals surface area contributed by atoms with Crippen LogP contribution in [0.1, 0.15) is 110 Å². The van der Waals surface area contributed by atoms with Crippen LogP contribution in [0, 0.1) is 0 Å². The molecule has 16 heteroatoms. The summed E-state index contributed by atoms with van der Waals surface area (Å²) in [6.45, 7) is 8.66. The van der Waals surface area contributed by atoms with Gasteiger partial charge in [0.1, 0.15) is 0 Å². The Bertz CT molecular complexity index is 990. The van der Waals surface area contributed by atoms with Gasteiger partial charge in [-0.15, -0.1) is 0 Å². The number of hydrogen-bond acceptors (Lipinski definition) is 11. The third-order valence-electron chi connectivity index (χ3n) is 8.81. The maximum atomic E-state index is 13.5. The number of amides is 5. The standard InChI is InChI=1S/C36H75N11O5/c1-3-13-32(48)43-21-10-25-45(34(50)29(40)15-7-18-37)23-5-6-24-46(35(51)30(41)16-8-19-38)27-12-28-47(36(52)31(42)17-9-20-39)26-11-22-44-33(49)14-4-2/h29-31H,3-28,37-42H2,1-2H3,(H,43,48)(H,44,49)/t29-,30-,31-/m0/s1. The minimum absolute atomic E-state index is 0.00714. The second-order valence-corrected chi connectivity index (χ2v) is 13.6. The van der Waals surface area contributed by atoms with Gasteiger partial charge in [-0.1, -0.05) is 13.8 Å². The Kier molecular flexibility index (Phi) is 29.9. The lowest BCUT2D eigenvalue weighted by atomic mass is 10.1. The Morgan fingerprint density at radius 1 is 0.462 bits per heavy atom. The maximum absolute atomic E-state index is 13.5. The summed E-state index contributed by atoms with van der Waals surface area (Å²) in [4.78, 5) is 69.0. The minimum atomic E-state index is -0.695. The molecule has 0 radical (unpaired) electrons. The molecular formula is C36H75N11O5. The summed E-state index contributed by atoms with van der Waals surface area (Å²) in [5.74, 6) is -0.524. The molecule has 0 aromatic carbocycles. The van der Waals surface area contributed by atoms with Gasteiger partial charge in [0, 0.05) is 65.2 Å². The summed E-state index contributed by atoms with van der Waals surface area (Å²) < 4.78 is 0.